The highest BCUT2D eigenvalue weighted by Crippen LogP contribution is 2.29. The molecule has 1 aliphatic carbocycles. The van der Waals surface area contributed by atoms with Gasteiger partial charge in [-0.15, -0.1) is 0 Å². The maximum atomic E-state index is 12.9. The Labute approximate surface area is 183 Å². The first kappa shape index (κ1) is 19.6. The zero-order chi connectivity index (χ0) is 22.4. The van der Waals surface area contributed by atoms with Crippen LogP contribution in [0.2, 0.25) is 0 Å². The van der Waals surface area contributed by atoms with Crippen molar-refractivity contribution in [2.24, 2.45) is 0 Å². The number of fused-ring (bicyclic) bond motifs is 3. The summed E-state index contributed by atoms with van der Waals surface area (Å²) in [6, 6.07) is 20.3. The Morgan fingerprint density at radius 1 is 0.781 bits per heavy atom. The summed E-state index contributed by atoms with van der Waals surface area (Å²) in [4.78, 5) is 50.9. The van der Waals surface area contributed by atoms with Crippen molar-refractivity contribution in [3.05, 3.63) is 111 Å². The Balaban J connectivity index is 1.45. The van der Waals surface area contributed by atoms with Gasteiger partial charge in [0.2, 0.25) is 5.91 Å². The van der Waals surface area contributed by atoms with Crippen molar-refractivity contribution in [1.29, 1.82) is 0 Å². The van der Waals surface area contributed by atoms with Gasteiger partial charge in [-0.1, -0.05) is 42.5 Å². The van der Waals surface area contributed by atoms with Crippen molar-refractivity contribution in [2.45, 2.75) is 13.5 Å². The quantitative estimate of drug-likeness (QED) is 0.480. The average molecular weight is 422 g/mol. The van der Waals surface area contributed by atoms with Gasteiger partial charge in [0.25, 0.3) is 5.56 Å². The molecule has 156 valence electrons. The van der Waals surface area contributed by atoms with Crippen molar-refractivity contribution in [1.82, 2.24) is 4.57 Å². The van der Waals surface area contributed by atoms with Crippen LogP contribution in [0, 0.1) is 6.92 Å². The van der Waals surface area contributed by atoms with E-state index in [2.05, 4.69) is 5.32 Å². The van der Waals surface area contributed by atoms with Gasteiger partial charge < -0.3 is 5.32 Å². The van der Waals surface area contributed by atoms with Crippen molar-refractivity contribution in [3.63, 3.8) is 0 Å². The van der Waals surface area contributed by atoms with Crippen molar-refractivity contribution in [2.75, 3.05) is 5.32 Å². The van der Waals surface area contributed by atoms with Gasteiger partial charge in [-0.05, 0) is 36.8 Å². The molecule has 1 heterocycles. The fourth-order valence-corrected chi connectivity index (χ4v) is 4.19. The standard InChI is InChI=1S/C26H18N2O4/c1-15-12-24(30)28(22-9-5-4-6-17(15)22)14-23(29)27-16-10-11-20-21(13-16)26(32)19-8-3-2-7-18(19)25(20)31/h2-13H,14H2,1H3,(H,27,29). The Morgan fingerprint density at radius 3 is 2.16 bits per heavy atom. The summed E-state index contributed by atoms with van der Waals surface area (Å²) in [5.41, 5.74) is 2.95. The van der Waals surface area contributed by atoms with Gasteiger partial charge in [-0.2, -0.15) is 0 Å². The van der Waals surface area contributed by atoms with Crippen LogP contribution in [0.1, 0.15) is 37.4 Å². The minimum Gasteiger partial charge on any atom is -0.325 e. The molecule has 0 radical (unpaired) electrons. The normalized spacial score (nSPS) is 12.4. The van der Waals surface area contributed by atoms with Crippen molar-refractivity contribution >= 4 is 34.1 Å². The summed E-state index contributed by atoms with van der Waals surface area (Å²) in [6.45, 7) is 1.68. The van der Waals surface area contributed by atoms with Crippen LogP contribution in [0.4, 0.5) is 5.69 Å². The number of aromatic nitrogens is 1. The highest BCUT2D eigenvalue weighted by Gasteiger charge is 2.29. The van der Waals surface area contributed by atoms with Crippen LogP contribution in [0.25, 0.3) is 10.9 Å². The summed E-state index contributed by atoms with van der Waals surface area (Å²) in [5.74, 6) is -0.881. The van der Waals surface area contributed by atoms with Gasteiger partial charge in [-0.25, -0.2) is 0 Å². The third-order valence-electron chi connectivity index (χ3n) is 5.74. The Kier molecular flexibility index (Phi) is 4.56. The fraction of sp³-hybridized carbons (Fsp3) is 0.0769. The van der Waals surface area contributed by atoms with E-state index in [1.54, 1.807) is 42.5 Å². The molecule has 6 nitrogen and oxygen atoms in total. The van der Waals surface area contributed by atoms with Crippen LogP contribution in [0.15, 0.2) is 77.6 Å². The highest BCUT2D eigenvalue weighted by atomic mass is 16.2. The first-order valence-electron chi connectivity index (χ1n) is 10.2. The topological polar surface area (TPSA) is 85.2 Å². The van der Waals surface area contributed by atoms with E-state index in [1.807, 2.05) is 25.1 Å². The lowest BCUT2D eigenvalue weighted by atomic mass is 9.84. The molecule has 1 aromatic heterocycles. The number of para-hydroxylation sites is 1. The predicted octanol–water partition coefficient (Wildman–Crippen LogP) is 3.72. The van der Waals surface area contributed by atoms with Crippen LogP contribution in [0.3, 0.4) is 0 Å². The molecule has 0 aliphatic heterocycles. The molecule has 4 aromatic rings. The molecule has 0 unspecified atom stereocenters. The SMILES string of the molecule is Cc1cc(=O)n(CC(=O)Nc2ccc3c(c2)C(=O)c2ccccc2C3=O)c2ccccc12. The lowest BCUT2D eigenvalue weighted by Gasteiger charge is -2.18. The number of ketones is 2. The average Bonchev–Trinajstić information content (AvgIpc) is 2.80. The molecule has 5 rings (SSSR count). The van der Waals surface area contributed by atoms with E-state index in [4.69, 9.17) is 0 Å². The van der Waals surface area contributed by atoms with E-state index in [1.165, 1.54) is 16.7 Å². The second kappa shape index (κ2) is 7.42. The number of carbonyl (C=O) groups excluding carboxylic acids is 3. The van der Waals surface area contributed by atoms with E-state index in [0.717, 1.165) is 10.9 Å². The van der Waals surface area contributed by atoms with Gasteiger partial charge in [-0.3, -0.25) is 23.7 Å². The zero-order valence-corrected chi connectivity index (χ0v) is 17.2. The lowest BCUT2D eigenvalue weighted by molar-refractivity contribution is -0.116. The molecule has 1 aliphatic rings. The maximum absolute atomic E-state index is 12.9. The molecular formula is C26H18N2O4. The summed E-state index contributed by atoms with van der Waals surface area (Å²) < 4.78 is 1.42. The van der Waals surface area contributed by atoms with Gasteiger partial charge in [0.05, 0.1) is 5.52 Å². The molecule has 1 N–H and O–H groups in total. The summed E-state index contributed by atoms with van der Waals surface area (Å²) in [6.07, 6.45) is 0. The Bertz CT molecular complexity index is 1510. The van der Waals surface area contributed by atoms with Gasteiger partial charge in [0.1, 0.15) is 6.54 Å². The van der Waals surface area contributed by atoms with Crippen LogP contribution >= 0.6 is 0 Å². The number of amides is 1. The molecule has 0 fully saturated rings. The number of carbonyl (C=O) groups is 3. The number of pyridine rings is 1. The Morgan fingerprint density at radius 2 is 1.41 bits per heavy atom. The molecule has 6 heteroatoms. The monoisotopic (exact) mass is 422 g/mol. The van der Waals surface area contributed by atoms with Crippen LogP contribution < -0.4 is 10.9 Å². The minimum atomic E-state index is -0.406. The summed E-state index contributed by atoms with van der Waals surface area (Å²) >= 11 is 0. The van der Waals surface area contributed by atoms with Gasteiger partial charge in [0, 0.05) is 39.4 Å². The maximum Gasteiger partial charge on any atom is 0.251 e. The molecule has 1 amide bonds. The van der Waals surface area contributed by atoms with Gasteiger partial charge in [0.15, 0.2) is 11.6 Å². The zero-order valence-electron chi connectivity index (χ0n) is 17.2. The molecule has 0 bridgehead atoms. The summed E-state index contributed by atoms with van der Waals surface area (Å²) in [5, 5.41) is 3.64. The number of hydrogen-bond donors (Lipinski definition) is 1. The van der Waals surface area contributed by atoms with Crippen LogP contribution in [-0.4, -0.2) is 22.0 Å². The fourth-order valence-electron chi connectivity index (χ4n) is 4.19. The number of benzene rings is 3. The number of aryl methyl sites for hydroxylation is 1. The second-order valence-electron chi connectivity index (χ2n) is 7.78. The molecule has 0 spiro atoms. The van der Waals surface area contributed by atoms with E-state index >= 15 is 0 Å². The molecule has 32 heavy (non-hydrogen) atoms. The predicted molar refractivity (Wildman–Crippen MR) is 121 cm³/mol. The number of anilines is 1. The number of rotatable bonds is 3. The molecule has 3 aromatic carbocycles. The number of nitrogens with one attached hydrogen (secondary N) is 1. The highest BCUT2D eigenvalue weighted by molar-refractivity contribution is 6.28. The first-order valence-corrected chi connectivity index (χ1v) is 10.2. The van der Waals surface area contributed by atoms with E-state index < -0.39 is 5.91 Å². The minimum absolute atomic E-state index is 0.174. The van der Waals surface area contributed by atoms with Crippen molar-refractivity contribution < 1.29 is 14.4 Å². The number of nitrogens with zero attached hydrogens (tertiary/aromatic N) is 1. The number of hydrogen-bond acceptors (Lipinski definition) is 4. The second-order valence-corrected chi connectivity index (χ2v) is 7.78. The van der Waals surface area contributed by atoms with Crippen LogP contribution in [-0.2, 0) is 11.3 Å². The van der Waals surface area contributed by atoms with Crippen molar-refractivity contribution in [3.8, 4) is 0 Å². The third-order valence-corrected chi connectivity index (χ3v) is 5.74. The third kappa shape index (κ3) is 3.13. The molecule has 0 atom stereocenters. The largest absolute Gasteiger partial charge is 0.325 e. The summed E-state index contributed by atoms with van der Waals surface area (Å²) in [7, 11) is 0. The van der Waals surface area contributed by atoms with Crippen LogP contribution in [0.5, 0.6) is 0 Å². The van der Waals surface area contributed by atoms with E-state index in [0.29, 0.717) is 27.9 Å². The van der Waals surface area contributed by atoms with E-state index in [9.17, 15) is 19.2 Å². The molecular weight excluding hydrogens is 404 g/mol. The van der Waals surface area contributed by atoms with E-state index in [-0.39, 0.29) is 29.2 Å². The molecule has 0 saturated carbocycles. The Hall–Kier alpha value is -4.32. The first-order chi connectivity index (χ1) is 15.4. The molecule has 0 saturated heterocycles. The lowest BCUT2D eigenvalue weighted by Crippen LogP contribution is -2.28. The van der Waals surface area contributed by atoms with Gasteiger partial charge >= 0.3 is 0 Å². The smallest absolute Gasteiger partial charge is 0.251 e.